The number of nitrogens with one attached hydrogen (secondary N) is 1. The smallest absolute Gasteiger partial charge is 0.217 e. The molecule has 1 amide bonds. The minimum absolute atomic E-state index is 0.0252. The van der Waals surface area contributed by atoms with Gasteiger partial charge in [0.25, 0.3) is 0 Å². The second-order valence-electron chi connectivity index (χ2n) is 5.89. The molecule has 0 spiro atoms. The Morgan fingerprint density at radius 2 is 1.44 bits per heavy atom. The second-order valence-corrected chi connectivity index (χ2v) is 6.77. The van der Waals surface area contributed by atoms with E-state index in [2.05, 4.69) is 40.0 Å². The van der Waals surface area contributed by atoms with Crippen LogP contribution in [-0.2, 0) is 4.79 Å². The first-order chi connectivity index (χ1) is 12.1. The van der Waals surface area contributed by atoms with E-state index in [1.54, 1.807) is 21.1 Å². The number of hydrogen-bond acceptors (Lipinski definition) is 3. The summed E-state index contributed by atoms with van der Waals surface area (Å²) in [6.07, 6.45) is 0.835. The average molecular weight is 453 g/mol. The number of hydrogen-bond donors (Lipinski definition) is 1. The van der Waals surface area contributed by atoms with Crippen LogP contribution in [0.15, 0.2) is 48.5 Å². The first-order valence-corrected chi connectivity index (χ1v) is 9.71. The van der Waals surface area contributed by atoms with Crippen LogP contribution >= 0.6 is 22.6 Å². The van der Waals surface area contributed by atoms with Crippen LogP contribution in [-0.4, -0.2) is 24.6 Å². The Hall–Kier alpha value is -1.76. The van der Waals surface area contributed by atoms with E-state index >= 15 is 0 Å². The molecule has 1 N–H and O–H groups in total. The highest BCUT2D eigenvalue weighted by Crippen LogP contribution is 2.31. The molecule has 0 heterocycles. The highest BCUT2D eigenvalue weighted by molar-refractivity contribution is 14.1. The molecule has 25 heavy (non-hydrogen) atoms. The molecular weight excluding hydrogens is 429 g/mol. The molecule has 0 aromatic heterocycles. The number of halogens is 1. The number of alkyl halides is 1. The average Bonchev–Trinajstić information content (AvgIpc) is 2.65. The van der Waals surface area contributed by atoms with E-state index in [4.69, 9.17) is 9.47 Å². The predicted molar refractivity (Wildman–Crippen MR) is 109 cm³/mol. The van der Waals surface area contributed by atoms with Crippen LogP contribution < -0.4 is 14.8 Å². The molecule has 134 valence electrons. The third kappa shape index (κ3) is 5.63. The van der Waals surface area contributed by atoms with Crippen LogP contribution in [0, 0.1) is 0 Å². The highest BCUT2D eigenvalue weighted by atomic mass is 127. The van der Waals surface area contributed by atoms with E-state index in [-0.39, 0.29) is 11.9 Å². The maximum absolute atomic E-state index is 11.7. The Bertz CT molecular complexity index is 670. The van der Waals surface area contributed by atoms with Crippen LogP contribution in [0.4, 0.5) is 0 Å². The van der Waals surface area contributed by atoms with E-state index in [0.717, 1.165) is 27.9 Å². The Morgan fingerprint density at radius 1 is 0.960 bits per heavy atom. The third-order valence-electron chi connectivity index (χ3n) is 4.19. The SMILES string of the molecule is COc1ccc(C(CI)CC(NC(C)=O)c2ccc(OC)cc2)cc1. The number of rotatable bonds is 8. The topological polar surface area (TPSA) is 47.6 Å². The summed E-state index contributed by atoms with van der Waals surface area (Å²) in [6.45, 7) is 1.56. The summed E-state index contributed by atoms with van der Waals surface area (Å²) < 4.78 is 11.4. The highest BCUT2D eigenvalue weighted by Gasteiger charge is 2.20. The van der Waals surface area contributed by atoms with Crippen molar-refractivity contribution >= 4 is 28.5 Å². The van der Waals surface area contributed by atoms with E-state index in [1.165, 1.54) is 5.56 Å². The monoisotopic (exact) mass is 453 g/mol. The van der Waals surface area contributed by atoms with Crippen molar-refractivity contribution in [2.24, 2.45) is 0 Å². The van der Waals surface area contributed by atoms with E-state index in [0.29, 0.717) is 5.92 Å². The predicted octanol–water partition coefficient (Wildman–Crippen LogP) is 4.49. The molecule has 0 fully saturated rings. The van der Waals surface area contributed by atoms with Crippen LogP contribution in [0.1, 0.15) is 36.4 Å². The van der Waals surface area contributed by atoms with Crippen molar-refractivity contribution < 1.29 is 14.3 Å². The standard InChI is InChI=1S/C20H24INO3/c1-14(23)22-20(16-6-10-19(25-3)11-7-16)12-17(13-21)15-4-8-18(24-2)9-5-15/h4-11,17,20H,12-13H2,1-3H3,(H,22,23). The van der Waals surface area contributed by atoms with Gasteiger partial charge in [0.2, 0.25) is 5.91 Å². The fourth-order valence-corrected chi connectivity index (χ4v) is 3.68. The molecule has 2 atom stereocenters. The maximum Gasteiger partial charge on any atom is 0.217 e. The van der Waals surface area contributed by atoms with Crippen molar-refractivity contribution in [3.05, 3.63) is 59.7 Å². The molecule has 0 radical (unpaired) electrons. The van der Waals surface area contributed by atoms with Crippen molar-refractivity contribution in [2.45, 2.75) is 25.3 Å². The maximum atomic E-state index is 11.7. The van der Waals surface area contributed by atoms with Gasteiger partial charge in [-0.25, -0.2) is 0 Å². The van der Waals surface area contributed by atoms with E-state index < -0.39 is 0 Å². The number of benzene rings is 2. The molecule has 0 saturated carbocycles. The fourth-order valence-electron chi connectivity index (χ4n) is 2.81. The van der Waals surface area contributed by atoms with Gasteiger partial charge in [0.1, 0.15) is 11.5 Å². The van der Waals surface area contributed by atoms with E-state index in [1.807, 2.05) is 36.4 Å². The molecule has 2 aromatic rings. The van der Waals surface area contributed by atoms with Gasteiger partial charge < -0.3 is 14.8 Å². The summed E-state index contributed by atoms with van der Waals surface area (Å²) in [7, 11) is 3.32. The molecule has 2 aromatic carbocycles. The van der Waals surface area contributed by atoms with Gasteiger partial charge in [-0.2, -0.15) is 0 Å². The van der Waals surface area contributed by atoms with Crippen LogP contribution in [0.5, 0.6) is 11.5 Å². The largest absolute Gasteiger partial charge is 0.497 e. The third-order valence-corrected chi connectivity index (χ3v) is 5.25. The van der Waals surface area contributed by atoms with Gasteiger partial charge >= 0.3 is 0 Å². The lowest BCUT2D eigenvalue weighted by Crippen LogP contribution is -2.27. The van der Waals surface area contributed by atoms with Crippen molar-refractivity contribution in [3.8, 4) is 11.5 Å². The zero-order chi connectivity index (χ0) is 18.2. The molecule has 0 aliphatic carbocycles. The molecule has 0 bridgehead atoms. The fraction of sp³-hybridized carbons (Fsp3) is 0.350. The summed E-state index contributed by atoms with van der Waals surface area (Å²) in [5.74, 6) is 1.98. The summed E-state index contributed by atoms with van der Waals surface area (Å²) >= 11 is 2.40. The van der Waals surface area contributed by atoms with Gasteiger partial charge in [0.15, 0.2) is 0 Å². The zero-order valence-electron chi connectivity index (χ0n) is 14.8. The normalized spacial score (nSPS) is 13.0. The molecule has 0 aliphatic rings. The van der Waals surface area contributed by atoms with Gasteiger partial charge in [-0.1, -0.05) is 46.9 Å². The first-order valence-electron chi connectivity index (χ1n) is 8.18. The van der Waals surface area contributed by atoms with Crippen LogP contribution in [0.3, 0.4) is 0 Å². The number of carbonyl (C=O) groups is 1. The summed E-state index contributed by atoms with van der Waals surface area (Å²) in [6, 6.07) is 16.0. The summed E-state index contributed by atoms with van der Waals surface area (Å²) in [5, 5.41) is 3.08. The molecule has 2 rings (SSSR count). The Kier molecular flexibility index (Phi) is 7.55. The zero-order valence-corrected chi connectivity index (χ0v) is 16.9. The lowest BCUT2D eigenvalue weighted by molar-refractivity contribution is -0.119. The second kappa shape index (κ2) is 9.65. The number of amides is 1. The first kappa shape index (κ1) is 19.6. The lowest BCUT2D eigenvalue weighted by Gasteiger charge is -2.24. The van der Waals surface area contributed by atoms with Crippen molar-refractivity contribution in [1.29, 1.82) is 0 Å². The number of ether oxygens (including phenoxy) is 2. The Balaban J connectivity index is 2.21. The van der Waals surface area contributed by atoms with Gasteiger partial charge in [0.05, 0.1) is 20.3 Å². The van der Waals surface area contributed by atoms with Gasteiger partial charge in [-0.15, -0.1) is 0 Å². The molecular formula is C20H24INO3. The van der Waals surface area contributed by atoms with Gasteiger partial charge in [-0.05, 0) is 47.7 Å². The van der Waals surface area contributed by atoms with Crippen molar-refractivity contribution in [3.63, 3.8) is 0 Å². The number of methoxy groups -OCH3 is 2. The molecule has 0 saturated heterocycles. The molecule has 2 unspecified atom stereocenters. The quantitative estimate of drug-likeness (QED) is 0.474. The van der Waals surface area contributed by atoms with Crippen LogP contribution in [0.25, 0.3) is 0 Å². The Labute approximate surface area is 163 Å². The van der Waals surface area contributed by atoms with Gasteiger partial charge in [-0.3, -0.25) is 4.79 Å². The van der Waals surface area contributed by atoms with Crippen LogP contribution in [0.2, 0.25) is 0 Å². The summed E-state index contributed by atoms with van der Waals surface area (Å²) in [4.78, 5) is 11.7. The minimum Gasteiger partial charge on any atom is -0.497 e. The lowest BCUT2D eigenvalue weighted by atomic mass is 9.90. The van der Waals surface area contributed by atoms with Crippen molar-refractivity contribution in [2.75, 3.05) is 18.6 Å². The molecule has 5 heteroatoms. The number of carbonyl (C=O) groups excluding carboxylic acids is 1. The minimum atomic E-state index is -0.0368. The molecule has 4 nitrogen and oxygen atoms in total. The van der Waals surface area contributed by atoms with Crippen molar-refractivity contribution in [1.82, 2.24) is 5.32 Å². The van der Waals surface area contributed by atoms with Gasteiger partial charge in [0, 0.05) is 11.4 Å². The Morgan fingerprint density at radius 3 is 1.84 bits per heavy atom. The molecule has 0 aliphatic heterocycles. The summed E-state index contributed by atoms with van der Waals surface area (Å²) in [5.41, 5.74) is 2.33. The van der Waals surface area contributed by atoms with E-state index in [9.17, 15) is 4.79 Å².